The van der Waals surface area contributed by atoms with Crippen LogP contribution in [0.25, 0.3) is 6.08 Å². The predicted octanol–water partition coefficient (Wildman–Crippen LogP) is 1.99. The highest BCUT2D eigenvalue weighted by molar-refractivity contribution is 5.87. The Bertz CT molecular complexity index is 342. The molecule has 0 saturated carbocycles. The molecule has 0 saturated heterocycles. The van der Waals surface area contributed by atoms with Gasteiger partial charge in [0, 0.05) is 5.92 Å². The van der Waals surface area contributed by atoms with Crippen LogP contribution in [0.2, 0.25) is 0 Å². The minimum absolute atomic E-state index is 0.167. The fraction of sp³-hybridized carbons (Fsp3) is 0.250. The first kappa shape index (κ1) is 10.7. The molecule has 1 N–H and O–H groups in total. The molecule has 2 nitrogen and oxygen atoms in total. The van der Waals surface area contributed by atoms with E-state index in [9.17, 15) is 4.79 Å². The number of Topliss-reactive ketones (excluding diaryl/α,β-unsaturated/α-hetero) is 1. The third kappa shape index (κ3) is 2.09. The van der Waals surface area contributed by atoms with Gasteiger partial charge in [0.1, 0.15) is 6.61 Å². The fourth-order valence-electron chi connectivity index (χ4n) is 1.40. The summed E-state index contributed by atoms with van der Waals surface area (Å²) in [6.45, 7) is 5.07. The van der Waals surface area contributed by atoms with Gasteiger partial charge in [-0.3, -0.25) is 4.79 Å². The van der Waals surface area contributed by atoms with Crippen LogP contribution in [0.5, 0.6) is 0 Å². The zero-order valence-corrected chi connectivity index (χ0v) is 8.23. The molecule has 1 aromatic carbocycles. The van der Waals surface area contributed by atoms with Crippen LogP contribution in [0, 0.1) is 0 Å². The Balaban J connectivity index is 3.05. The molecule has 0 spiro atoms. The first-order valence-corrected chi connectivity index (χ1v) is 4.55. The zero-order valence-electron chi connectivity index (χ0n) is 8.23. The first-order valence-electron chi connectivity index (χ1n) is 4.55. The van der Waals surface area contributed by atoms with E-state index in [1.54, 1.807) is 13.0 Å². The van der Waals surface area contributed by atoms with Crippen LogP contribution in [0.4, 0.5) is 0 Å². The van der Waals surface area contributed by atoms with E-state index in [4.69, 9.17) is 5.11 Å². The number of carbonyl (C=O) groups excluding carboxylic acids is 1. The molecule has 14 heavy (non-hydrogen) atoms. The minimum Gasteiger partial charge on any atom is -0.389 e. The minimum atomic E-state index is -0.410. The van der Waals surface area contributed by atoms with Crippen molar-refractivity contribution in [2.75, 3.05) is 6.61 Å². The van der Waals surface area contributed by atoms with Gasteiger partial charge in [-0.05, 0) is 11.1 Å². The lowest BCUT2D eigenvalue weighted by atomic mass is 9.92. The Hall–Kier alpha value is -1.41. The van der Waals surface area contributed by atoms with Gasteiger partial charge in [0.15, 0.2) is 5.78 Å². The van der Waals surface area contributed by atoms with Crippen LogP contribution in [0.1, 0.15) is 24.0 Å². The van der Waals surface area contributed by atoms with Crippen molar-refractivity contribution in [2.45, 2.75) is 12.8 Å². The van der Waals surface area contributed by atoms with Crippen molar-refractivity contribution in [3.05, 3.63) is 42.0 Å². The highest BCUT2D eigenvalue weighted by Gasteiger charge is 2.15. The topological polar surface area (TPSA) is 37.3 Å². The van der Waals surface area contributed by atoms with Gasteiger partial charge in [-0.25, -0.2) is 0 Å². The molecule has 0 aliphatic heterocycles. The quantitative estimate of drug-likeness (QED) is 0.788. The van der Waals surface area contributed by atoms with Crippen LogP contribution in [0.3, 0.4) is 0 Å². The first-order chi connectivity index (χ1) is 6.70. The molecular formula is C12H14O2. The van der Waals surface area contributed by atoms with E-state index in [2.05, 4.69) is 6.58 Å². The van der Waals surface area contributed by atoms with E-state index in [1.165, 1.54) is 0 Å². The molecule has 0 aliphatic carbocycles. The molecule has 2 heteroatoms. The van der Waals surface area contributed by atoms with Gasteiger partial charge in [0.2, 0.25) is 0 Å². The molecule has 1 aromatic rings. The molecule has 1 rings (SSSR count). The summed E-state index contributed by atoms with van der Waals surface area (Å²) in [5.74, 6) is -0.437. The molecule has 0 radical (unpaired) electrons. The summed E-state index contributed by atoms with van der Waals surface area (Å²) in [5.41, 5.74) is 1.86. The number of hydrogen-bond donors (Lipinski definition) is 1. The third-order valence-electron chi connectivity index (χ3n) is 2.32. The number of benzene rings is 1. The monoisotopic (exact) mass is 190 g/mol. The highest BCUT2D eigenvalue weighted by atomic mass is 16.3. The maximum atomic E-state index is 11.3. The van der Waals surface area contributed by atoms with Crippen molar-refractivity contribution >= 4 is 11.9 Å². The van der Waals surface area contributed by atoms with Gasteiger partial charge in [0.05, 0.1) is 0 Å². The lowest BCUT2D eigenvalue weighted by Crippen LogP contribution is -2.13. The number of aliphatic hydroxyl groups excluding tert-OH is 1. The summed E-state index contributed by atoms with van der Waals surface area (Å²) in [7, 11) is 0. The molecule has 1 atom stereocenters. The van der Waals surface area contributed by atoms with E-state index >= 15 is 0 Å². The Morgan fingerprint density at radius 2 is 2.21 bits per heavy atom. The smallest absolute Gasteiger partial charge is 0.165 e. The Kier molecular flexibility index (Phi) is 3.60. The number of hydrogen-bond acceptors (Lipinski definition) is 2. The third-order valence-corrected chi connectivity index (χ3v) is 2.32. The Morgan fingerprint density at radius 1 is 1.57 bits per heavy atom. The number of aliphatic hydroxyl groups is 1. The Morgan fingerprint density at radius 3 is 2.79 bits per heavy atom. The van der Waals surface area contributed by atoms with Crippen molar-refractivity contribution in [1.82, 2.24) is 0 Å². The molecule has 74 valence electrons. The second kappa shape index (κ2) is 4.72. The van der Waals surface area contributed by atoms with E-state index < -0.39 is 6.61 Å². The number of carbonyl (C=O) groups is 1. The van der Waals surface area contributed by atoms with Crippen molar-refractivity contribution in [2.24, 2.45) is 0 Å². The largest absolute Gasteiger partial charge is 0.389 e. The van der Waals surface area contributed by atoms with Crippen LogP contribution in [-0.4, -0.2) is 17.5 Å². The molecule has 0 fully saturated rings. The summed E-state index contributed by atoms with van der Waals surface area (Å²) in [6.07, 6.45) is 1.72. The molecule has 0 unspecified atom stereocenters. The van der Waals surface area contributed by atoms with E-state index in [0.29, 0.717) is 0 Å². The van der Waals surface area contributed by atoms with Crippen LogP contribution >= 0.6 is 0 Å². The summed E-state index contributed by atoms with van der Waals surface area (Å²) in [5, 5.41) is 8.75. The average Bonchev–Trinajstić information content (AvgIpc) is 2.26. The average molecular weight is 190 g/mol. The standard InChI is InChI=1S/C12H14O2/c1-3-10-6-4-5-7-11(10)9(2)12(14)8-13/h3-7,9,13H,1,8H2,2H3/t9-/m1/s1. The van der Waals surface area contributed by atoms with Gasteiger partial charge in [-0.2, -0.15) is 0 Å². The van der Waals surface area contributed by atoms with Gasteiger partial charge in [-0.1, -0.05) is 43.8 Å². The number of ketones is 1. The maximum Gasteiger partial charge on any atom is 0.165 e. The van der Waals surface area contributed by atoms with Crippen molar-refractivity contribution in [3.63, 3.8) is 0 Å². The summed E-state index contributed by atoms with van der Waals surface area (Å²) >= 11 is 0. The number of rotatable bonds is 4. The maximum absolute atomic E-state index is 11.3. The lowest BCUT2D eigenvalue weighted by molar-refractivity contribution is -0.122. The van der Waals surface area contributed by atoms with Gasteiger partial charge < -0.3 is 5.11 Å². The van der Waals surface area contributed by atoms with Crippen LogP contribution in [0.15, 0.2) is 30.8 Å². The van der Waals surface area contributed by atoms with E-state index in [-0.39, 0.29) is 11.7 Å². The van der Waals surface area contributed by atoms with Crippen LogP contribution in [-0.2, 0) is 4.79 Å². The van der Waals surface area contributed by atoms with Crippen molar-refractivity contribution < 1.29 is 9.90 Å². The lowest BCUT2D eigenvalue weighted by Gasteiger charge is -2.11. The predicted molar refractivity (Wildman–Crippen MR) is 57.0 cm³/mol. The summed E-state index contributed by atoms with van der Waals surface area (Å²) in [6, 6.07) is 7.57. The molecule has 0 aliphatic rings. The molecular weight excluding hydrogens is 176 g/mol. The summed E-state index contributed by atoms with van der Waals surface area (Å²) < 4.78 is 0. The van der Waals surface area contributed by atoms with Crippen LogP contribution < -0.4 is 0 Å². The second-order valence-corrected chi connectivity index (χ2v) is 3.18. The molecule has 0 aromatic heterocycles. The molecule has 0 heterocycles. The molecule has 0 bridgehead atoms. The normalized spacial score (nSPS) is 12.1. The molecule has 0 amide bonds. The van der Waals surface area contributed by atoms with E-state index in [1.807, 2.05) is 24.3 Å². The van der Waals surface area contributed by atoms with Crippen molar-refractivity contribution in [1.29, 1.82) is 0 Å². The van der Waals surface area contributed by atoms with Crippen molar-refractivity contribution in [3.8, 4) is 0 Å². The van der Waals surface area contributed by atoms with Gasteiger partial charge in [-0.15, -0.1) is 0 Å². The highest BCUT2D eigenvalue weighted by Crippen LogP contribution is 2.21. The Labute approximate surface area is 83.9 Å². The van der Waals surface area contributed by atoms with Gasteiger partial charge >= 0.3 is 0 Å². The van der Waals surface area contributed by atoms with E-state index in [0.717, 1.165) is 11.1 Å². The summed E-state index contributed by atoms with van der Waals surface area (Å²) in [4.78, 5) is 11.3. The zero-order chi connectivity index (χ0) is 10.6. The van der Waals surface area contributed by atoms with Gasteiger partial charge in [0.25, 0.3) is 0 Å². The second-order valence-electron chi connectivity index (χ2n) is 3.18. The fourth-order valence-corrected chi connectivity index (χ4v) is 1.40. The SMILES string of the molecule is C=Cc1ccccc1[C@@H](C)C(=O)CO.